The quantitative estimate of drug-likeness (QED) is 0.334. The molecule has 1 aromatic heterocycles. The highest BCUT2D eigenvalue weighted by Gasteiger charge is 2.07. The van der Waals surface area contributed by atoms with E-state index in [9.17, 15) is 0 Å². The Hall–Kier alpha value is -1.51. The number of rotatable bonds is 1. The molecule has 0 atom stereocenters. The zero-order valence-corrected chi connectivity index (χ0v) is 6.76. The normalized spacial score (nSPS) is 9.08. The van der Waals surface area contributed by atoms with E-state index in [1.807, 2.05) is 6.07 Å². The van der Waals surface area contributed by atoms with Gasteiger partial charge in [0.05, 0.1) is 5.69 Å². The Kier molecular flexibility index (Phi) is 2.33. The molecule has 5 N–H and O–H groups in total. The van der Waals surface area contributed by atoms with Crippen molar-refractivity contribution in [3.8, 4) is 6.07 Å². The lowest BCUT2D eigenvalue weighted by Crippen LogP contribution is -2.11. The molecule has 0 saturated carbocycles. The Morgan fingerprint density at radius 3 is 2.83 bits per heavy atom. The third-order valence-electron chi connectivity index (χ3n) is 1.27. The van der Waals surface area contributed by atoms with Crippen LogP contribution in [0.3, 0.4) is 0 Å². The van der Waals surface area contributed by atoms with Gasteiger partial charge in [-0.25, -0.2) is 4.98 Å². The monoisotopic (exact) mass is 183 g/mol. The van der Waals surface area contributed by atoms with Crippen LogP contribution in [0, 0.1) is 11.3 Å². The van der Waals surface area contributed by atoms with Crippen LogP contribution in [0.1, 0.15) is 5.69 Å². The highest BCUT2D eigenvalue weighted by Crippen LogP contribution is 2.23. The average molecular weight is 184 g/mol. The van der Waals surface area contributed by atoms with Gasteiger partial charge in [0.1, 0.15) is 16.9 Å². The summed E-state index contributed by atoms with van der Waals surface area (Å²) in [6.07, 6.45) is 0. The van der Waals surface area contributed by atoms with Gasteiger partial charge in [-0.15, -0.1) is 0 Å². The SMILES string of the molecule is N#Cc1nc(Cl)cc(N)c1NN. The largest absolute Gasteiger partial charge is 0.397 e. The molecule has 1 aromatic rings. The molecule has 6 heteroatoms. The van der Waals surface area contributed by atoms with Gasteiger partial charge in [0.2, 0.25) is 0 Å². The number of hydrazine groups is 1. The highest BCUT2D eigenvalue weighted by atomic mass is 35.5. The van der Waals surface area contributed by atoms with E-state index >= 15 is 0 Å². The Balaban J connectivity index is 3.36. The van der Waals surface area contributed by atoms with Crippen molar-refractivity contribution >= 4 is 23.0 Å². The van der Waals surface area contributed by atoms with Gasteiger partial charge in [0, 0.05) is 6.07 Å². The van der Waals surface area contributed by atoms with Crippen molar-refractivity contribution in [2.75, 3.05) is 11.2 Å². The third-order valence-corrected chi connectivity index (χ3v) is 1.46. The van der Waals surface area contributed by atoms with Crippen molar-refractivity contribution in [2.24, 2.45) is 5.84 Å². The summed E-state index contributed by atoms with van der Waals surface area (Å²) in [5.74, 6) is 5.11. The molecular weight excluding hydrogens is 178 g/mol. The highest BCUT2D eigenvalue weighted by molar-refractivity contribution is 6.29. The minimum Gasteiger partial charge on any atom is -0.397 e. The van der Waals surface area contributed by atoms with Crippen LogP contribution in [-0.2, 0) is 0 Å². The number of halogens is 1. The number of nitrogen functional groups attached to an aromatic ring is 2. The molecule has 1 heterocycles. The summed E-state index contributed by atoms with van der Waals surface area (Å²) in [4.78, 5) is 3.71. The minimum absolute atomic E-state index is 0.0856. The average Bonchev–Trinajstić information content (AvgIpc) is 2.03. The minimum atomic E-state index is 0.0856. The van der Waals surface area contributed by atoms with E-state index in [-0.39, 0.29) is 10.8 Å². The number of nitrogens with zero attached hydrogens (tertiary/aromatic N) is 2. The third kappa shape index (κ3) is 1.39. The van der Waals surface area contributed by atoms with Crippen molar-refractivity contribution < 1.29 is 0 Å². The molecule has 0 amide bonds. The molecule has 0 fully saturated rings. The zero-order chi connectivity index (χ0) is 9.14. The van der Waals surface area contributed by atoms with Crippen LogP contribution >= 0.6 is 11.6 Å². The maximum Gasteiger partial charge on any atom is 0.168 e. The van der Waals surface area contributed by atoms with Crippen molar-refractivity contribution in [3.63, 3.8) is 0 Å². The van der Waals surface area contributed by atoms with Gasteiger partial charge in [-0.1, -0.05) is 11.6 Å². The zero-order valence-electron chi connectivity index (χ0n) is 6.00. The molecule has 1 rings (SSSR count). The summed E-state index contributed by atoms with van der Waals surface area (Å²) in [6.45, 7) is 0. The van der Waals surface area contributed by atoms with E-state index in [4.69, 9.17) is 28.4 Å². The molecule has 0 unspecified atom stereocenters. The number of nitrogens with two attached hydrogens (primary N) is 2. The summed E-state index contributed by atoms with van der Waals surface area (Å²) in [7, 11) is 0. The number of anilines is 2. The van der Waals surface area contributed by atoms with E-state index in [0.29, 0.717) is 11.4 Å². The van der Waals surface area contributed by atoms with E-state index in [1.54, 1.807) is 0 Å². The van der Waals surface area contributed by atoms with E-state index in [2.05, 4.69) is 10.4 Å². The van der Waals surface area contributed by atoms with E-state index < -0.39 is 0 Å². The van der Waals surface area contributed by atoms with Gasteiger partial charge in [-0.05, 0) is 0 Å². The smallest absolute Gasteiger partial charge is 0.168 e. The number of hydrogen-bond donors (Lipinski definition) is 3. The molecule has 0 aliphatic carbocycles. The number of aromatic nitrogens is 1. The van der Waals surface area contributed by atoms with Crippen LogP contribution in [-0.4, -0.2) is 4.98 Å². The van der Waals surface area contributed by atoms with Crippen molar-refractivity contribution in [1.29, 1.82) is 5.26 Å². The first-order valence-corrected chi connectivity index (χ1v) is 3.39. The second kappa shape index (κ2) is 3.26. The fourth-order valence-corrected chi connectivity index (χ4v) is 0.967. The number of pyridine rings is 1. The summed E-state index contributed by atoms with van der Waals surface area (Å²) in [5, 5.41) is 8.75. The van der Waals surface area contributed by atoms with Crippen LogP contribution in [0.4, 0.5) is 11.4 Å². The number of hydrogen-bond acceptors (Lipinski definition) is 5. The molecule has 5 nitrogen and oxygen atoms in total. The number of nitriles is 1. The molecule has 0 saturated heterocycles. The van der Waals surface area contributed by atoms with Crippen LogP contribution < -0.4 is 17.0 Å². The molecule has 62 valence electrons. The molecule has 0 spiro atoms. The molecule has 0 aliphatic rings. The number of nitrogens with one attached hydrogen (secondary N) is 1. The summed E-state index contributed by atoms with van der Waals surface area (Å²) < 4.78 is 0. The molecular formula is C6H6ClN5. The standard InChI is InChI=1S/C6H6ClN5/c7-5-1-3(9)6(12-10)4(2-8)11-5/h1,12H,10H2,(H2,9,11). The van der Waals surface area contributed by atoms with Gasteiger partial charge >= 0.3 is 0 Å². The van der Waals surface area contributed by atoms with Crippen LogP contribution in [0.15, 0.2) is 6.07 Å². The maximum atomic E-state index is 8.58. The topological polar surface area (TPSA) is 101 Å². The van der Waals surface area contributed by atoms with Gasteiger partial charge in [0.15, 0.2) is 5.69 Å². The fraction of sp³-hybridized carbons (Fsp3) is 0. The first kappa shape index (κ1) is 8.59. The Bertz CT molecular complexity index is 343. The van der Waals surface area contributed by atoms with E-state index in [1.165, 1.54) is 6.07 Å². The van der Waals surface area contributed by atoms with Crippen LogP contribution in [0.2, 0.25) is 5.15 Å². The van der Waals surface area contributed by atoms with Crippen molar-refractivity contribution in [3.05, 3.63) is 16.9 Å². The molecule has 0 radical (unpaired) electrons. The second-order valence-electron chi connectivity index (χ2n) is 2.01. The molecule has 12 heavy (non-hydrogen) atoms. The van der Waals surface area contributed by atoms with Crippen molar-refractivity contribution in [2.45, 2.75) is 0 Å². The summed E-state index contributed by atoms with van der Waals surface area (Å²) in [6, 6.07) is 3.22. The molecule has 0 bridgehead atoms. The van der Waals surface area contributed by atoms with Crippen LogP contribution in [0.5, 0.6) is 0 Å². The fourth-order valence-electron chi connectivity index (χ4n) is 0.765. The Morgan fingerprint density at radius 2 is 2.33 bits per heavy atom. The lowest BCUT2D eigenvalue weighted by atomic mass is 10.3. The van der Waals surface area contributed by atoms with Gasteiger partial charge < -0.3 is 11.2 Å². The summed E-state index contributed by atoms with van der Waals surface area (Å²) >= 11 is 5.55. The van der Waals surface area contributed by atoms with Crippen molar-refractivity contribution in [1.82, 2.24) is 4.98 Å². The van der Waals surface area contributed by atoms with Gasteiger partial charge in [0.25, 0.3) is 0 Å². The first-order valence-electron chi connectivity index (χ1n) is 3.01. The molecule has 0 aliphatic heterocycles. The predicted octanol–water partition coefficient (Wildman–Crippen LogP) is 0.474. The Labute approximate surface area is 73.9 Å². The Morgan fingerprint density at radius 1 is 1.67 bits per heavy atom. The molecule has 0 aromatic carbocycles. The second-order valence-corrected chi connectivity index (χ2v) is 2.40. The summed E-state index contributed by atoms with van der Waals surface area (Å²) in [5.41, 5.74) is 8.44. The maximum absolute atomic E-state index is 8.58. The van der Waals surface area contributed by atoms with E-state index in [0.717, 1.165) is 0 Å². The predicted molar refractivity (Wildman–Crippen MR) is 46.2 cm³/mol. The first-order chi connectivity index (χ1) is 5.69. The van der Waals surface area contributed by atoms with Crippen LogP contribution in [0.25, 0.3) is 0 Å². The van der Waals surface area contributed by atoms with Gasteiger partial charge in [-0.3, -0.25) is 5.84 Å². The van der Waals surface area contributed by atoms with Gasteiger partial charge in [-0.2, -0.15) is 5.26 Å². The lowest BCUT2D eigenvalue weighted by molar-refractivity contribution is 1.23. The lowest BCUT2D eigenvalue weighted by Gasteiger charge is -2.05.